The van der Waals surface area contributed by atoms with Gasteiger partial charge in [0, 0.05) is 19.5 Å². The minimum atomic E-state index is -1.49. The molecule has 1 aromatic rings. The number of hydrogen-bond donors (Lipinski definition) is 1. The van der Waals surface area contributed by atoms with Gasteiger partial charge in [-0.3, -0.25) is 4.79 Å². The van der Waals surface area contributed by atoms with Crippen LogP contribution in [-0.2, 0) is 15.2 Å². The van der Waals surface area contributed by atoms with Crippen LogP contribution in [0.2, 0.25) is 0 Å². The predicted octanol–water partition coefficient (Wildman–Crippen LogP) is 3.29. The quantitative estimate of drug-likeness (QED) is 0.890. The highest BCUT2D eigenvalue weighted by atomic mass is 19.1. The van der Waals surface area contributed by atoms with E-state index in [-0.39, 0.29) is 24.1 Å². The molecule has 4 nitrogen and oxygen atoms in total. The summed E-state index contributed by atoms with van der Waals surface area (Å²) in [6, 6.07) is 5.62. The minimum absolute atomic E-state index is 0.0197. The number of benzene rings is 1. The van der Waals surface area contributed by atoms with Crippen molar-refractivity contribution >= 4 is 5.91 Å². The van der Waals surface area contributed by atoms with E-state index < -0.39 is 11.5 Å². The molecule has 2 fully saturated rings. The Bertz CT molecular complexity index is 632. The summed E-state index contributed by atoms with van der Waals surface area (Å²) in [4.78, 5) is 13.6. The number of carbonyl (C=O) groups excluding carboxylic acids is 1. The van der Waals surface area contributed by atoms with Crippen molar-refractivity contribution in [2.75, 3.05) is 13.2 Å². The summed E-state index contributed by atoms with van der Waals surface area (Å²) in [5.41, 5.74) is 5.11. The summed E-state index contributed by atoms with van der Waals surface area (Å²) in [6.45, 7) is 2.67. The Hall–Kier alpha value is -1.53. The van der Waals surface area contributed by atoms with E-state index in [4.69, 9.17) is 10.5 Å². The Balaban J connectivity index is 1.54. The number of halogens is 2. The second-order valence-electron chi connectivity index (χ2n) is 7.59. The SMILES string of the molecule is CC(=O)N1CCCC(N)C1COC1CCC(F)(c2cccc(F)c2)CC1. The van der Waals surface area contributed by atoms with Crippen LogP contribution in [-0.4, -0.2) is 42.1 Å². The molecule has 26 heavy (non-hydrogen) atoms. The highest BCUT2D eigenvalue weighted by molar-refractivity contribution is 5.73. The molecule has 144 valence electrons. The van der Waals surface area contributed by atoms with Crippen molar-refractivity contribution in [3.8, 4) is 0 Å². The molecule has 0 spiro atoms. The molecule has 1 aliphatic carbocycles. The molecule has 2 N–H and O–H groups in total. The lowest BCUT2D eigenvalue weighted by molar-refractivity contribution is -0.136. The summed E-state index contributed by atoms with van der Waals surface area (Å²) < 4.78 is 34.6. The third-order valence-electron chi connectivity index (χ3n) is 5.81. The van der Waals surface area contributed by atoms with Crippen molar-refractivity contribution in [1.82, 2.24) is 4.90 Å². The molecule has 0 bridgehead atoms. The first kappa shape index (κ1) is 19.2. The summed E-state index contributed by atoms with van der Waals surface area (Å²) >= 11 is 0. The number of hydrogen-bond acceptors (Lipinski definition) is 3. The van der Waals surface area contributed by atoms with E-state index in [0.717, 1.165) is 19.4 Å². The molecule has 1 aliphatic heterocycles. The summed E-state index contributed by atoms with van der Waals surface area (Å²) in [5.74, 6) is -0.389. The first-order chi connectivity index (χ1) is 12.4. The molecular weight excluding hydrogens is 338 g/mol. The third-order valence-corrected chi connectivity index (χ3v) is 5.81. The topological polar surface area (TPSA) is 55.6 Å². The molecule has 1 aromatic carbocycles. The molecule has 1 heterocycles. The van der Waals surface area contributed by atoms with Crippen molar-refractivity contribution in [2.45, 2.75) is 69.3 Å². The van der Waals surface area contributed by atoms with Crippen LogP contribution < -0.4 is 5.73 Å². The number of ether oxygens (including phenoxy) is 1. The van der Waals surface area contributed by atoms with E-state index in [9.17, 15) is 9.18 Å². The Morgan fingerprint density at radius 3 is 2.73 bits per heavy atom. The number of amides is 1. The average Bonchev–Trinajstić information content (AvgIpc) is 2.62. The van der Waals surface area contributed by atoms with Gasteiger partial charge in [-0.25, -0.2) is 8.78 Å². The Kier molecular flexibility index (Phi) is 5.92. The van der Waals surface area contributed by atoms with Gasteiger partial charge in [-0.2, -0.15) is 0 Å². The van der Waals surface area contributed by atoms with Gasteiger partial charge in [0.15, 0.2) is 0 Å². The number of nitrogens with zero attached hydrogens (tertiary/aromatic N) is 1. The monoisotopic (exact) mass is 366 g/mol. The maximum atomic E-state index is 15.2. The van der Waals surface area contributed by atoms with E-state index in [1.165, 1.54) is 12.1 Å². The van der Waals surface area contributed by atoms with Crippen LogP contribution in [0.5, 0.6) is 0 Å². The number of carbonyl (C=O) groups is 1. The second-order valence-corrected chi connectivity index (χ2v) is 7.59. The van der Waals surface area contributed by atoms with Crippen molar-refractivity contribution in [2.24, 2.45) is 5.73 Å². The zero-order chi connectivity index (χ0) is 18.7. The smallest absolute Gasteiger partial charge is 0.219 e. The molecular formula is C20H28F2N2O2. The molecule has 6 heteroatoms. The van der Waals surface area contributed by atoms with Crippen LogP contribution in [0.1, 0.15) is 51.0 Å². The summed E-state index contributed by atoms with van der Waals surface area (Å²) in [6.07, 6.45) is 3.54. The minimum Gasteiger partial charge on any atom is -0.376 e. The van der Waals surface area contributed by atoms with Crippen LogP contribution in [0.3, 0.4) is 0 Å². The largest absolute Gasteiger partial charge is 0.376 e. The van der Waals surface area contributed by atoms with Crippen molar-refractivity contribution < 1.29 is 18.3 Å². The third kappa shape index (κ3) is 4.23. The van der Waals surface area contributed by atoms with Crippen LogP contribution >= 0.6 is 0 Å². The second kappa shape index (κ2) is 8.01. The Labute approximate surface area is 153 Å². The standard InChI is InChI=1S/C20H28F2N2O2/c1-14(25)24-11-3-6-18(23)19(24)13-26-17-7-9-20(22,10-8-17)15-4-2-5-16(21)12-15/h2,4-5,12,17-19H,3,6-11,13,23H2,1H3. The zero-order valence-corrected chi connectivity index (χ0v) is 15.3. The highest BCUT2D eigenvalue weighted by Crippen LogP contribution is 2.41. The van der Waals surface area contributed by atoms with Crippen molar-refractivity contribution in [1.29, 1.82) is 0 Å². The number of piperidine rings is 1. The van der Waals surface area contributed by atoms with Crippen LogP contribution in [0, 0.1) is 5.82 Å². The van der Waals surface area contributed by atoms with Crippen molar-refractivity contribution in [3.63, 3.8) is 0 Å². The predicted molar refractivity (Wildman–Crippen MR) is 95.8 cm³/mol. The molecule has 1 saturated carbocycles. The zero-order valence-electron chi connectivity index (χ0n) is 15.3. The summed E-state index contributed by atoms with van der Waals surface area (Å²) in [7, 11) is 0. The molecule has 3 rings (SSSR count). The Morgan fingerprint density at radius 2 is 2.08 bits per heavy atom. The maximum Gasteiger partial charge on any atom is 0.219 e. The van der Waals surface area contributed by atoms with E-state index in [0.29, 0.717) is 37.9 Å². The van der Waals surface area contributed by atoms with Gasteiger partial charge in [0.25, 0.3) is 0 Å². The maximum absolute atomic E-state index is 15.2. The molecule has 0 aromatic heterocycles. The van der Waals surface area contributed by atoms with E-state index >= 15 is 4.39 Å². The van der Waals surface area contributed by atoms with Gasteiger partial charge in [0.1, 0.15) is 11.5 Å². The first-order valence-electron chi connectivity index (χ1n) is 9.48. The number of likely N-dealkylation sites (tertiary alicyclic amines) is 1. The molecule has 0 radical (unpaired) electrons. The Morgan fingerprint density at radius 1 is 1.35 bits per heavy atom. The lowest BCUT2D eigenvalue weighted by Gasteiger charge is -2.40. The molecule has 1 amide bonds. The van der Waals surface area contributed by atoms with Gasteiger partial charge in [-0.05, 0) is 56.2 Å². The lowest BCUT2D eigenvalue weighted by Crippen LogP contribution is -2.56. The van der Waals surface area contributed by atoms with Crippen LogP contribution in [0.25, 0.3) is 0 Å². The fourth-order valence-electron chi connectivity index (χ4n) is 4.20. The van der Waals surface area contributed by atoms with Crippen molar-refractivity contribution in [3.05, 3.63) is 35.6 Å². The highest BCUT2D eigenvalue weighted by Gasteiger charge is 2.38. The van der Waals surface area contributed by atoms with E-state index in [2.05, 4.69) is 0 Å². The van der Waals surface area contributed by atoms with Crippen LogP contribution in [0.15, 0.2) is 24.3 Å². The molecule has 2 unspecified atom stereocenters. The van der Waals surface area contributed by atoms with E-state index in [1.54, 1.807) is 24.0 Å². The van der Waals surface area contributed by atoms with Gasteiger partial charge >= 0.3 is 0 Å². The van der Waals surface area contributed by atoms with Crippen LogP contribution in [0.4, 0.5) is 8.78 Å². The van der Waals surface area contributed by atoms with Gasteiger partial charge in [-0.15, -0.1) is 0 Å². The molecule has 2 atom stereocenters. The first-order valence-corrected chi connectivity index (χ1v) is 9.48. The number of alkyl halides is 1. The lowest BCUT2D eigenvalue weighted by atomic mass is 9.80. The van der Waals surface area contributed by atoms with Gasteiger partial charge in [-0.1, -0.05) is 12.1 Å². The normalized spacial score (nSPS) is 32.5. The fraction of sp³-hybridized carbons (Fsp3) is 0.650. The van der Waals surface area contributed by atoms with Gasteiger partial charge in [0.05, 0.1) is 18.8 Å². The molecule has 2 aliphatic rings. The fourth-order valence-corrected chi connectivity index (χ4v) is 4.20. The summed E-state index contributed by atoms with van der Waals surface area (Å²) in [5, 5.41) is 0. The molecule has 1 saturated heterocycles. The number of rotatable bonds is 4. The van der Waals surface area contributed by atoms with E-state index in [1.807, 2.05) is 0 Å². The average molecular weight is 366 g/mol. The van der Waals surface area contributed by atoms with Gasteiger partial charge in [0.2, 0.25) is 5.91 Å². The number of nitrogens with two attached hydrogens (primary N) is 1. The van der Waals surface area contributed by atoms with Gasteiger partial charge < -0.3 is 15.4 Å².